The molecule has 0 aliphatic carbocycles. The molecule has 0 aliphatic rings. The van der Waals surface area contributed by atoms with Gasteiger partial charge in [-0.3, -0.25) is 57.5 Å². The maximum Gasteiger partial charge on any atom is 0.341 e. The molecule has 1 aromatic rings. The van der Waals surface area contributed by atoms with Gasteiger partial charge in [-0.15, -0.1) is 11.8 Å². The number of rotatable bonds is 37. The van der Waals surface area contributed by atoms with Gasteiger partial charge in [0.2, 0.25) is 70.9 Å². The molecule has 30 heteroatoms. The summed E-state index contributed by atoms with van der Waals surface area (Å²) in [6, 6.07) is -5.10. The minimum atomic E-state index is -1.76. The number of carbonyl (C=O) groups is 13. The first-order valence-electron chi connectivity index (χ1n) is 25.3. The summed E-state index contributed by atoms with van der Waals surface area (Å²) in [5, 5.41) is 43.6. The lowest BCUT2D eigenvalue weighted by atomic mass is 9.99. The van der Waals surface area contributed by atoms with Gasteiger partial charge in [-0.25, -0.2) is 4.79 Å². The highest BCUT2D eigenvalue weighted by Crippen LogP contribution is 2.15. The molecule has 79 heavy (non-hydrogen) atoms. The summed E-state index contributed by atoms with van der Waals surface area (Å²) in [5.74, 6) is -13.1. The van der Waals surface area contributed by atoms with E-state index in [2.05, 4.69) is 53.2 Å². The van der Waals surface area contributed by atoms with Crippen molar-refractivity contribution in [3.8, 4) is 5.75 Å². The summed E-state index contributed by atoms with van der Waals surface area (Å²) in [7, 11) is 1.36. The monoisotopic (exact) mass is 1140 g/mol. The molecule has 29 nitrogen and oxygen atoms in total. The summed E-state index contributed by atoms with van der Waals surface area (Å²) >= 11 is 0.826. The predicted octanol–water partition coefficient (Wildman–Crippen LogP) is -5.36. The summed E-state index contributed by atoms with van der Waals surface area (Å²) in [5.41, 5.74) is 16.9. The van der Waals surface area contributed by atoms with Crippen LogP contribution in [0.2, 0.25) is 0 Å². The minimum Gasteiger partial charge on any atom is -0.482 e. The Morgan fingerprint density at radius 3 is 1.58 bits per heavy atom. The first kappa shape index (κ1) is 69.4. The highest BCUT2D eigenvalue weighted by atomic mass is 32.2. The summed E-state index contributed by atoms with van der Waals surface area (Å²) in [6.07, 6.45) is -0.674. The van der Waals surface area contributed by atoms with Crippen LogP contribution in [0.5, 0.6) is 5.75 Å². The molecule has 0 aromatic heterocycles. The Balaban J connectivity index is 3.26. The number of nitrogens with two attached hydrogens (primary N) is 3. The van der Waals surface area contributed by atoms with Crippen LogP contribution in [-0.4, -0.2) is 180 Å². The van der Waals surface area contributed by atoms with Crippen molar-refractivity contribution >= 4 is 88.6 Å². The number of aliphatic carboxylic acids is 1. The molecule has 0 bridgehead atoms. The van der Waals surface area contributed by atoms with Crippen LogP contribution in [-0.2, 0) is 68.7 Å². The van der Waals surface area contributed by atoms with E-state index in [0.717, 1.165) is 11.8 Å². The molecule has 0 unspecified atom stereocenters. The van der Waals surface area contributed by atoms with E-state index in [0.29, 0.717) is 5.56 Å². The number of aliphatic hydroxyl groups excluding tert-OH is 1. The third-order valence-corrected chi connectivity index (χ3v) is 12.2. The van der Waals surface area contributed by atoms with Crippen molar-refractivity contribution < 1.29 is 77.3 Å². The van der Waals surface area contributed by atoms with Crippen LogP contribution in [0.15, 0.2) is 24.3 Å². The van der Waals surface area contributed by atoms with E-state index in [1.165, 1.54) is 40.0 Å². The molecule has 0 heterocycles. The Labute approximate surface area is 462 Å². The maximum atomic E-state index is 14.0. The van der Waals surface area contributed by atoms with Crippen LogP contribution in [0.25, 0.3) is 0 Å². The van der Waals surface area contributed by atoms with Gasteiger partial charge in [-0.2, -0.15) is 0 Å². The molecule has 18 N–H and O–H groups in total. The number of benzene rings is 1. The molecule has 1 rings (SSSR count). The number of carboxylic acids is 1. The average molecular weight is 1140 g/mol. The lowest BCUT2D eigenvalue weighted by Crippen LogP contribution is -2.61. The number of carboxylic acid groups (broad SMARTS) is 1. The van der Waals surface area contributed by atoms with E-state index in [1.54, 1.807) is 39.8 Å². The van der Waals surface area contributed by atoms with Gasteiger partial charge in [0.1, 0.15) is 54.1 Å². The number of likely N-dealkylation sites (N-methyl/N-ethyl adjacent to an activating group) is 1. The van der Waals surface area contributed by atoms with Gasteiger partial charge in [-0.1, -0.05) is 53.7 Å². The quantitative estimate of drug-likeness (QED) is 0.0296. The Morgan fingerprint density at radius 2 is 1.10 bits per heavy atom. The highest BCUT2D eigenvalue weighted by Gasteiger charge is 2.36. The molecular formula is C49H79N13O16S. The Hall–Kier alpha value is -7.60. The number of aliphatic hydroxyl groups is 1. The first-order chi connectivity index (χ1) is 37.0. The molecular weight excluding hydrogens is 1060 g/mol. The fourth-order valence-electron chi connectivity index (χ4n) is 7.30. The SMILES string of the molecule is CNC(=O)[C@H](Cc1ccc(OCC(=O)O)cc1)NC(=O)CSC[C@H](NC(=O)[C@H](CO)NC(=O)[C@@H](NC(=O)[C@H](CC(C)C)NC(=O)[C@H](CC(N)=O)NC(=O)[C@@H](CC(C)C)NC(=O)[C@H](CCN)NC(C)=O)C(C)C)C(=O)NCC(N)=O. The minimum absolute atomic E-state index is 0.0132. The fraction of sp³-hybridized carbons (Fsp3) is 0.612. The molecule has 8 atom stereocenters. The second-order valence-electron chi connectivity index (χ2n) is 19.4. The predicted molar refractivity (Wildman–Crippen MR) is 286 cm³/mol. The fourth-order valence-corrected chi connectivity index (χ4v) is 8.16. The number of thioether (sulfide) groups is 1. The summed E-state index contributed by atoms with van der Waals surface area (Å²) in [6.45, 7) is 9.00. The van der Waals surface area contributed by atoms with E-state index in [9.17, 15) is 67.4 Å². The van der Waals surface area contributed by atoms with Crippen molar-refractivity contribution in [1.29, 1.82) is 0 Å². The topological polar surface area (TPSA) is 470 Å². The van der Waals surface area contributed by atoms with Crippen LogP contribution in [0.3, 0.4) is 0 Å². The van der Waals surface area contributed by atoms with Crippen molar-refractivity contribution in [2.75, 3.05) is 44.9 Å². The van der Waals surface area contributed by atoms with Crippen molar-refractivity contribution in [1.82, 2.24) is 53.2 Å². The Morgan fingerprint density at radius 1 is 0.595 bits per heavy atom. The third-order valence-electron chi connectivity index (χ3n) is 11.1. The van der Waals surface area contributed by atoms with Gasteiger partial charge < -0.3 is 85.3 Å². The molecule has 0 aliphatic heterocycles. The number of amides is 12. The van der Waals surface area contributed by atoms with E-state index in [4.69, 9.17) is 27.0 Å². The van der Waals surface area contributed by atoms with Gasteiger partial charge in [0.15, 0.2) is 6.61 Å². The van der Waals surface area contributed by atoms with Crippen LogP contribution in [0, 0.1) is 17.8 Å². The standard InChI is InChI=1S/C49H79N13O16S/c1-24(2)15-31(57-44(72)30(13-14-50)55-27(7)64)45(73)59-34(18-37(51)65)46(74)58-32(16-25(3)4)47(75)62-41(26(5)6)49(77)60-35(20-63)48(76)61-36(43(71)54-19-38(52)66)22-79-23-39(67)56-33(42(70)53-8)17-28-9-11-29(12-10-28)78-21-40(68)69/h9-12,24-26,30-36,41,63H,13-23,50H2,1-8H3,(H2,51,65)(H2,52,66)(H,53,70)(H,54,71)(H,55,64)(H,56,67)(H,57,72)(H,58,74)(H,59,73)(H,60,77)(H,61,76)(H,62,75)(H,68,69)/t30-,31+,32-,33-,34-,35-,36-,41-/m0/s1. The van der Waals surface area contributed by atoms with Gasteiger partial charge in [0, 0.05) is 26.1 Å². The molecule has 442 valence electrons. The maximum absolute atomic E-state index is 14.0. The Kier molecular flexibility index (Phi) is 31.4. The molecule has 0 radical (unpaired) electrons. The van der Waals surface area contributed by atoms with Crippen molar-refractivity contribution in [2.24, 2.45) is 35.0 Å². The van der Waals surface area contributed by atoms with Gasteiger partial charge in [0.25, 0.3) is 0 Å². The lowest BCUT2D eigenvalue weighted by molar-refractivity contribution is -0.139. The molecule has 12 amide bonds. The van der Waals surface area contributed by atoms with Crippen molar-refractivity contribution in [2.45, 2.75) is 129 Å². The van der Waals surface area contributed by atoms with E-state index >= 15 is 0 Å². The van der Waals surface area contributed by atoms with Crippen LogP contribution >= 0.6 is 11.8 Å². The second-order valence-corrected chi connectivity index (χ2v) is 20.5. The zero-order chi connectivity index (χ0) is 60.1. The molecule has 0 spiro atoms. The molecule has 0 fully saturated rings. The largest absolute Gasteiger partial charge is 0.482 e. The number of hydrogen-bond acceptors (Lipinski definition) is 17. The van der Waals surface area contributed by atoms with Crippen LogP contribution in [0.1, 0.15) is 79.7 Å². The average Bonchev–Trinajstić information content (AvgIpc) is 3.35. The normalized spacial score (nSPS) is 14.0. The number of nitrogens with one attached hydrogen (secondary N) is 10. The van der Waals surface area contributed by atoms with Gasteiger partial charge in [-0.05, 0) is 61.3 Å². The summed E-state index contributed by atoms with van der Waals surface area (Å²) < 4.78 is 5.12. The summed E-state index contributed by atoms with van der Waals surface area (Å²) in [4.78, 5) is 168. The number of carbonyl (C=O) groups excluding carboxylic acids is 12. The molecule has 0 saturated heterocycles. The van der Waals surface area contributed by atoms with Crippen LogP contribution in [0.4, 0.5) is 0 Å². The smallest absolute Gasteiger partial charge is 0.341 e. The zero-order valence-corrected chi connectivity index (χ0v) is 46.5. The van der Waals surface area contributed by atoms with Gasteiger partial charge >= 0.3 is 5.97 Å². The number of ether oxygens (including phenoxy) is 1. The molecule has 1 aromatic carbocycles. The second kappa shape index (κ2) is 35.7. The van der Waals surface area contributed by atoms with Crippen molar-refractivity contribution in [3.05, 3.63) is 29.8 Å². The van der Waals surface area contributed by atoms with E-state index in [1.807, 2.05) is 0 Å². The van der Waals surface area contributed by atoms with Crippen molar-refractivity contribution in [3.63, 3.8) is 0 Å². The molecule has 0 saturated carbocycles. The lowest BCUT2D eigenvalue weighted by Gasteiger charge is -2.29. The van der Waals surface area contributed by atoms with E-state index < -0.39 is 157 Å². The Bertz CT molecular complexity index is 2290. The van der Waals surface area contributed by atoms with Gasteiger partial charge in [0.05, 0.1) is 25.3 Å². The van der Waals surface area contributed by atoms with Crippen LogP contribution < -0.4 is 75.1 Å². The number of primary amides is 2. The third kappa shape index (κ3) is 27.5. The highest BCUT2D eigenvalue weighted by molar-refractivity contribution is 8.00. The first-order valence-corrected chi connectivity index (χ1v) is 26.4. The number of hydrogen-bond donors (Lipinski definition) is 15. The zero-order valence-electron chi connectivity index (χ0n) is 45.7. The van der Waals surface area contributed by atoms with E-state index in [-0.39, 0.29) is 61.3 Å².